The second kappa shape index (κ2) is 25.1. The van der Waals surface area contributed by atoms with E-state index in [0.717, 1.165) is 66.7 Å². The lowest BCUT2D eigenvalue weighted by Crippen LogP contribution is -2.64. The van der Waals surface area contributed by atoms with Crippen LogP contribution in [0, 0.1) is 52.8 Å². The van der Waals surface area contributed by atoms with E-state index in [9.17, 15) is 40.5 Å². The second-order valence-corrected chi connectivity index (χ2v) is 26.6. The number of cyclic esters (lactones) is 1. The third-order valence-corrected chi connectivity index (χ3v) is 21.7. The average molecular weight is 1220 g/mol. The summed E-state index contributed by atoms with van der Waals surface area (Å²) in [5.41, 5.74) is 7.48. The van der Waals surface area contributed by atoms with E-state index in [1.165, 1.54) is 19.5 Å². The van der Waals surface area contributed by atoms with Crippen LogP contribution in [-0.2, 0) is 32.0 Å². The number of aromatic hydroxyl groups is 3. The van der Waals surface area contributed by atoms with Crippen LogP contribution in [0.5, 0.6) is 28.7 Å². The molecule has 14 atom stereocenters. The van der Waals surface area contributed by atoms with Crippen molar-refractivity contribution in [1.29, 1.82) is 0 Å². The number of H-pyrrole nitrogens is 2. The minimum absolute atomic E-state index is 0.0196. The van der Waals surface area contributed by atoms with Crippen LogP contribution in [0.4, 0.5) is 0 Å². The number of nitrogens with zero attached hydrogens (tertiary/aromatic N) is 1. The van der Waals surface area contributed by atoms with Crippen molar-refractivity contribution in [3.8, 4) is 51.8 Å². The van der Waals surface area contributed by atoms with Gasteiger partial charge in [0.25, 0.3) is 0 Å². The fraction of sp³-hybridized carbons (Fsp3) is 0.466. The lowest BCUT2D eigenvalue weighted by Gasteiger charge is -2.59. The Hall–Kier alpha value is -7.85. The van der Waals surface area contributed by atoms with Gasteiger partial charge in [-0.15, -0.1) is 0 Å². The molecule has 2 aliphatic heterocycles. The molecule has 472 valence electrons. The Balaban J connectivity index is 1.01. The zero-order valence-electron chi connectivity index (χ0n) is 51.1. The topological polar surface area (TPSA) is 269 Å². The molecule has 0 amide bonds. The number of phenolic OH excluding ortho intramolecular Hbond substituents is 3. The van der Waals surface area contributed by atoms with E-state index in [2.05, 4.69) is 49.9 Å². The highest BCUT2D eigenvalue weighted by atomic mass is 16.5. The molecule has 1 saturated heterocycles. The third kappa shape index (κ3) is 10.9. The van der Waals surface area contributed by atoms with E-state index in [4.69, 9.17) is 14.2 Å². The Kier molecular flexibility index (Phi) is 17.0. The molecule has 17 nitrogen and oxygen atoms in total. The van der Waals surface area contributed by atoms with Crippen LogP contribution < -0.4 is 14.8 Å². The first kappa shape index (κ1) is 61.0. The van der Waals surface area contributed by atoms with Crippen LogP contribution in [0.1, 0.15) is 130 Å². The molecule has 5 heterocycles. The number of ketones is 1. The van der Waals surface area contributed by atoms with Crippen molar-refractivity contribution < 1.29 is 64.3 Å². The monoisotopic (exact) mass is 1220 g/mol. The Labute approximate surface area is 523 Å². The molecule has 90 heavy (non-hydrogen) atoms. The number of fused-ring (bicyclic) bond motifs is 10. The number of carbonyl (C=O) groups is 3. The molecule has 3 aromatic heterocycles. The molecule has 4 fully saturated rings. The number of allylic oxidation sites excluding steroid dienone is 1. The first-order chi connectivity index (χ1) is 43.6. The highest BCUT2D eigenvalue weighted by Gasteiger charge is 2.70. The van der Waals surface area contributed by atoms with Gasteiger partial charge in [-0.3, -0.25) is 9.59 Å². The minimum atomic E-state index is -0.889. The number of hydrogen-bond donors (Lipinski definition) is 10. The lowest BCUT2D eigenvalue weighted by atomic mass is 9.45. The molecule has 4 aliphatic carbocycles. The van der Waals surface area contributed by atoms with Crippen molar-refractivity contribution in [1.82, 2.24) is 19.9 Å². The maximum atomic E-state index is 15.7. The molecule has 4 aromatic carbocycles. The number of para-hydroxylation sites is 1. The largest absolute Gasteiger partial charge is 0.508 e. The number of ether oxygens (including phenoxy) is 3. The second-order valence-electron chi connectivity index (χ2n) is 26.6. The van der Waals surface area contributed by atoms with Gasteiger partial charge in [0.05, 0.1) is 54.4 Å². The van der Waals surface area contributed by atoms with Gasteiger partial charge in [0.1, 0.15) is 37.0 Å². The van der Waals surface area contributed by atoms with Gasteiger partial charge in [0, 0.05) is 71.6 Å². The molecule has 7 aromatic rings. The number of aromatic nitrogens is 3. The summed E-state index contributed by atoms with van der Waals surface area (Å²) in [6.45, 7) is 1.45. The molecular formula is C73H82N4O13. The number of aromatic amines is 2. The van der Waals surface area contributed by atoms with Crippen LogP contribution in [0.2, 0.25) is 0 Å². The Morgan fingerprint density at radius 2 is 1.72 bits per heavy atom. The first-order valence-electron chi connectivity index (χ1n) is 32.3. The number of benzene rings is 4. The lowest BCUT2D eigenvalue weighted by molar-refractivity contribution is -0.149. The molecule has 3 saturated carbocycles. The summed E-state index contributed by atoms with van der Waals surface area (Å²) in [4.78, 5) is 52.0. The molecule has 0 unspecified atom stereocenters. The molecule has 17 heteroatoms. The SMILES string of the molecule is COc1cc2c(cc1O)C1=C[C@H]3C[C@@]4(C[C@]5(N[C@H]([C@H](C)O)CC[C@H]5n5c(-c6cccc(O)c6)cc6[nH]ccc65)[C@@H](CCCO)[C@H]4C=O)[C@@H]4C[C@H](O)CC[C@@H]4[C@H]3[C@H]2CC(=O)C[C@@H](CCc2ccc(O)c(OCCO)c2)OC(=O)CC#CCc2c1[nH]c1ccccc21. The first-order valence-corrected chi connectivity index (χ1v) is 32.3. The summed E-state index contributed by atoms with van der Waals surface area (Å²) in [6.07, 6.45) is 8.30. The van der Waals surface area contributed by atoms with Gasteiger partial charge in [-0.1, -0.05) is 54.3 Å². The molecule has 2 spiro atoms. The van der Waals surface area contributed by atoms with Crippen LogP contribution in [0.25, 0.3) is 38.8 Å². The van der Waals surface area contributed by atoms with Crippen molar-refractivity contribution >= 4 is 45.5 Å². The molecule has 2 bridgehead atoms. The summed E-state index contributed by atoms with van der Waals surface area (Å²) >= 11 is 0. The summed E-state index contributed by atoms with van der Waals surface area (Å²) < 4.78 is 20.2. The number of aldehydes is 1. The van der Waals surface area contributed by atoms with E-state index in [0.29, 0.717) is 64.2 Å². The number of aliphatic hydroxyl groups is 4. The fourth-order valence-corrected chi connectivity index (χ4v) is 18.3. The third-order valence-electron chi connectivity index (χ3n) is 21.7. The van der Waals surface area contributed by atoms with Crippen molar-refractivity contribution in [3.05, 3.63) is 131 Å². The summed E-state index contributed by atoms with van der Waals surface area (Å²) in [7, 11) is 1.52. The molecular weight excluding hydrogens is 1140 g/mol. The highest BCUT2D eigenvalue weighted by Crippen LogP contribution is 2.72. The standard InChI is InChI=1S/C73H82N4O13/c1-41(81)59-21-23-68(77-62-24-25-74-61(62)37-63(77)43-9-7-10-45(82)30-43)73(76-59)40-72(58(39-80)56(73)13-8-26-78)38-44-31-55-52-35-65(86)66(88-2)36-53(52)54(70(44)51-20-18-46(83)34-57(51)72)33-47(84)32-48(19-16-42-17-22-64(85)67(29-42)89-28-27-79)90-69(87)15-6-4-12-50-49-11-3-5-14-60(49)75-71(50)55/h3,5,7,9-11,14,17,22,24-25,29-31,35-37,39,41,44,46,48,51,54,56-59,68,70,74-76,78-79,81-83,85-86H,8,12-13,15-16,18-21,23,26-28,32-34,38,40H2,1-2H3/t41-,44-,46+,48+,51-,54-,56-,57+,58+,59-,68+,70-,72+,73-/m0/s1. The van der Waals surface area contributed by atoms with Gasteiger partial charge in [-0.25, -0.2) is 0 Å². The predicted molar refractivity (Wildman–Crippen MR) is 340 cm³/mol. The number of aliphatic hydroxyl groups excluding tert-OH is 4. The minimum Gasteiger partial charge on any atom is -0.508 e. The summed E-state index contributed by atoms with van der Waals surface area (Å²) in [6, 6.07) is 27.4. The Morgan fingerprint density at radius 1 is 0.878 bits per heavy atom. The number of phenols is 3. The number of hydrogen-bond acceptors (Lipinski definition) is 14. The molecule has 13 rings (SSSR count). The maximum Gasteiger partial charge on any atom is 0.318 e. The van der Waals surface area contributed by atoms with E-state index < -0.39 is 47.1 Å². The van der Waals surface area contributed by atoms with Gasteiger partial charge >= 0.3 is 5.97 Å². The Bertz CT molecular complexity index is 3940. The highest BCUT2D eigenvalue weighted by molar-refractivity contribution is 5.95. The zero-order valence-corrected chi connectivity index (χ0v) is 51.1. The van der Waals surface area contributed by atoms with Gasteiger partial charge in [-0.05, 0) is 195 Å². The predicted octanol–water partition coefficient (Wildman–Crippen LogP) is 10.1. The van der Waals surface area contributed by atoms with Crippen molar-refractivity contribution in [2.75, 3.05) is 26.9 Å². The van der Waals surface area contributed by atoms with Crippen molar-refractivity contribution in [3.63, 3.8) is 0 Å². The van der Waals surface area contributed by atoms with Crippen molar-refractivity contribution in [2.45, 2.75) is 145 Å². The van der Waals surface area contributed by atoms with Gasteiger partial charge < -0.3 is 74.6 Å². The van der Waals surface area contributed by atoms with E-state index >= 15 is 9.59 Å². The number of carbonyl (C=O) groups excluding carboxylic acids is 3. The number of Topliss-reactive ketones (excluding diaryl/α,β-unsaturated/α-hetero) is 1. The van der Waals surface area contributed by atoms with Crippen LogP contribution in [0.15, 0.2) is 103 Å². The van der Waals surface area contributed by atoms with E-state index in [-0.39, 0.29) is 128 Å². The summed E-state index contributed by atoms with van der Waals surface area (Å²) in [5.74, 6) is 3.54. The van der Waals surface area contributed by atoms with E-state index in [1.54, 1.807) is 30.3 Å². The number of aryl methyl sites for hydroxylation is 1. The number of methoxy groups -OCH3 is 1. The number of nitrogens with one attached hydrogen (secondary N) is 3. The molecule has 0 radical (unpaired) electrons. The van der Waals surface area contributed by atoms with Gasteiger partial charge in [0.15, 0.2) is 23.0 Å². The summed E-state index contributed by atoms with van der Waals surface area (Å²) in [5, 5.41) is 83.2. The van der Waals surface area contributed by atoms with Crippen molar-refractivity contribution in [2.24, 2.45) is 40.9 Å². The van der Waals surface area contributed by atoms with Gasteiger partial charge in [0.2, 0.25) is 0 Å². The van der Waals surface area contributed by atoms with Crippen LogP contribution in [0.3, 0.4) is 0 Å². The number of piperidine rings is 1. The molecule has 6 aliphatic rings. The smallest absolute Gasteiger partial charge is 0.318 e. The van der Waals surface area contributed by atoms with Crippen LogP contribution >= 0.6 is 0 Å². The molecule has 10 N–H and O–H groups in total. The van der Waals surface area contributed by atoms with Gasteiger partial charge in [-0.2, -0.15) is 0 Å². The van der Waals surface area contributed by atoms with E-state index in [1.807, 2.05) is 55.6 Å². The number of esters is 1. The average Bonchev–Trinajstić information content (AvgIpc) is 1.50. The maximum absolute atomic E-state index is 15.7. The Morgan fingerprint density at radius 3 is 2.52 bits per heavy atom. The van der Waals surface area contributed by atoms with Crippen LogP contribution in [-0.4, -0.2) is 125 Å². The normalized spacial score (nSPS) is 29.5. The fourth-order valence-electron chi connectivity index (χ4n) is 18.3. The zero-order chi connectivity index (χ0) is 62.6. The number of rotatable bonds is 14. The quantitative estimate of drug-likeness (QED) is 0.0276.